The molecule has 0 saturated heterocycles. The van der Waals surface area contributed by atoms with Crippen LogP contribution in [0.25, 0.3) is 28.2 Å². The summed E-state index contributed by atoms with van der Waals surface area (Å²) in [5, 5.41) is 11.5. The van der Waals surface area contributed by atoms with Crippen molar-refractivity contribution in [1.82, 2.24) is 30.0 Å². The van der Waals surface area contributed by atoms with Crippen LogP contribution in [0.2, 0.25) is 0 Å². The molecule has 0 atom stereocenters. The van der Waals surface area contributed by atoms with Crippen molar-refractivity contribution in [2.75, 3.05) is 20.6 Å². The maximum Gasteiger partial charge on any atom is 0.263 e. The molecule has 2 aromatic carbocycles. The molecule has 0 unspecified atom stereocenters. The highest BCUT2D eigenvalue weighted by atomic mass is 16.2. The summed E-state index contributed by atoms with van der Waals surface area (Å²) in [6, 6.07) is 21.5. The number of carbonyl (C=O) groups is 1. The first-order valence-corrected chi connectivity index (χ1v) is 12.7. The van der Waals surface area contributed by atoms with Gasteiger partial charge in [-0.2, -0.15) is 5.10 Å². The van der Waals surface area contributed by atoms with Crippen molar-refractivity contribution >= 4 is 22.9 Å². The van der Waals surface area contributed by atoms with Gasteiger partial charge in [-0.05, 0) is 61.1 Å². The Hall–Kier alpha value is -4.82. The molecule has 2 N–H and O–H groups in total. The second-order valence-corrected chi connectivity index (χ2v) is 9.64. The number of fused-ring (bicyclic) bond motifs is 1. The minimum Gasteiger partial charge on any atom is -0.348 e. The van der Waals surface area contributed by atoms with Gasteiger partial charge in [0.25, 0.3) is 11.5 Å². The van der Waals surface area contributed by atoms with Gasteiger partial charge >= 0.3 is 0 Å². The van der Waals surface area contributed by atoms with Crippen LogP contribution in [0.15, 0.2) is 96.2 Å². The van der Waals surface area contributed by atoms with Crippen molar-refractivity contribution in [3.05, 3.63) is 124 Å². The topological polar surface area (TPSA) is 95.9 Å². The molecule has 8 nitrogen and oxygen atoms in total. The Morgan fingerprint density at radius 1 is 1.05 bits per heavy atom. The number of aromatic nitrogens is 4. The van der Waals surface area contributed by atoms with Gasteiger partial charge in [-0.1, -0.05) is 48.6 Å². The van der Waals surface area contributed by atoms with Gasteiger partial charge in [-0.3, -0.25) is 19.7 Å². The van der Waals surface area contributed by atoms with E-state index in [0.29, 0.717) is 13.1 Å². The second kappa shape index (κ2) is 11.7. The highest BCUT2D eigenvalue weighted by molar-refractivity contribution is 5.94. The number of hydrogen-bond donors (Lipinski definition) is 2. The average molecular weight is 519 g/mol. The third kappa shape index (κ3) is 6.19. The van der Waals surface area contributed by atoms with Gasteiger partial charge in [0.1, 0.15) is 5.56 Å². The van der Waals surface area contributed by atoms with Crippen LogP contribution >= 0.6 is 0 Å². The third-order valence-corrected chi connectivity index (χ3v) is 6.34. The quantitative estimate of drug-likeness (QED) is 0.303. The van der Waals surface area contributed by atoms with E-state index >= 15 is 0 Å². The van der Waals surface area contributed by atoms with E-state index in [1.165, 1.54) is 10.1 Å². The smallest absolute Gasteiger partial charge is 0.263 e. The lowest BCUT2D eigenvalue weighted by molar-refractivity contribution is 0.0956. The summed E-state index contributed by atoms with van der Waals surface area (Å²) < 4.78 is 1.51. The van der Waals surface area contributed by atoms with E-state index < -0.39 is 5.91 Å². The van der Waals surface area contributed by atoms with E-state index in [4.69, 9.17) is 0 Å². The van der Waals surface area contributed by atoms with Gasteiger partial charge in [0.05, 0.1) is 17.8 Å². The SMILES string of the molecule is CN(C)Cc1ccc(-c2n[nH]c3cc(/C=C/CNC(=O)c4cccn(Cc5cccnc5)c4=O)ccc23)cc1. The van der Waals surface area contributed by atoms with Crippen molar-refractivity contribution in [3.63, 3.8) is 0 Å². The lowest BCUT2D eigenvalue weighted by atomic mass is 10.0. The Bertz CT molecular complexity index is 1670. The van der Waals surface area contributed by atoms with Gasteiger partial charge in [-0.25, -0.2) is 0 Å². The number of benzene rings is 2. The fraction of sp³-hybridized carbons (Fsp3) is 0.161. The zero-order valence-corrected chi connectivity index (χ0v) is 22.0. The zero-order chi connectivity index (χ0) is 27.2. The zero-order valence-electron chi connectivity index (χ0n) is 22.0. The van der Waals surface area contributed by atoms with E-state index in [9.17, 15) is 9.59 Å². The van der Waals surface area contributed by atoms with Crippen molar-refractivity contribution in [3.8, 4) is 11.3 Å². The summed E-state index contributed by atoms with van der Waals surface area (Å²) in [5.74, 6) is -0.407. The monoisotopic (exact) mass is 518 g/mol. The number of nitrogens with zero attached hydrogens (tertiary/aromatic N) is 4. The Kier molecular flexibility index (Phi) is 7.75. The van der Waals surface area contributed by atoms with Crippen molar-refractivity contribution in [1.29, 1.82) is 0 Å². The number of hydrogen-bond acceptors (Lipinski definition) is 5. The first-order chi connectivity index (χ1) is 19.0. The first kappa shape index (κ1) is 25.8. The molecule has 0 saturated carbocycles. The number of pyridine rings is 2. The summed E-state index contributed by atoms with van der Waals surface area (Å²) >= 11 is 0. The fourth-order valence-corrected chi connectivity index (χ4v) is 4.46. The van der Waals surface area contributed by atoms with Crippen LogP contribution in [-0.2, 0) is 13.1 Å². The van der Waals surface area contributed by atoms with Crippen molar-refractivity contribution in [2.24, 2.45) is 0 Å². The summed E-state index contributed by atoms with van der Waals surface area (Å²) in [4.78, 5) is 31.7. The molecular formula is C31H30N6O2. The van der Waals surface area contributed by atoms with Crippen molar-refractivity contribution < 1.29 is 4.79 Å². The Morgan fingerprint density at radius 3 is 2.67 bits per heavy atom. The van der Waals surface area contributed by atoms with Gasteiger partial charge in [0, 0.05) is 42.6 Å². The lowest BCUT2D eigenvalue weighted by Gasteiger charge is -2.09. The van der Waals surface area contributed by atoms with Crippen LogP contribution in [0.3, 0.4) is 0 Å². The molecule has 3 aromatic heterocycles. The normalized spacial score (nSPS) is 11.5. The summed E-state index contributed by atoms with van der Waals surface area (Å²) in [6.45, 7) is 1.54. The molecule has 0 fully saturated rings. The predicted octanol–water partition coefficient (Wildman–Crippen LogP) is 4.34. The predicted molar refractivity (Wildman–Crippen MR) is 154 cm³/mol. The molecule has 3 heterocycles. The number of amides is 1. The van der Waals surface area contributed by atoms with Crippen LogP contribution in [0, 0.1) is 0 Å². The summed E-state index contributed by atoms with van der Waals surface area (Å²) in [6.07, 6.45) is 8.84. The van der Waals surface area contributed by atoms with E-state index in [1.807, 2.05) is 36.4 Å². The number of rotatable bonds is 9. The molecule has 0 spiro atoms. The van der Waals surface area contributed by atoms with E-state index in [1.54, 1.807) is 30.7 Å². The molecule has 1 amide bonds. The Balaban J connectivity index is 1.22. The number of nitrogens with one attached hydrogen (secondary N) is 2. The molecule has 0 aliphatic rings. The number of H-pyrrole nitrogens is 1. The maximum atomic E-state index is 12.8. The molecule has 8 heteroatoms. The third-order valence-electron chi connectivity index (χ3n) is 6.34. The standard InChI is InChI=1S/C31H30N6O2/c1-36(2)20-23-9-12-25(13-10-23)29-26-14-11-22(18-28(26)34-35-29)6-4-16-33-30(38)27-8-5-17-37(31(27)39)21-24-7-3-15-32-19-24/h3-15,17-19H,16,20-21H2,1-2H3,(H,33,38)(H,34,35)/b6-4+. The molecule has 196 valence electrons. The van der Waals surface area contributed by atoms with E-state index in [2.05, 4.69) is 69.8 Å². The molecular weight excluding hydrogens is 488 g/mol. The lowest BCUT2D eigenvalue weighted by Crippen LogP contribution is -2.33. The fourth-order valence-electron chi connectivity index (χ4n) is 4.46. The van der Waals surface area contributed by atoms with Crippen LogP contribution < -0.4 is 10.9 Å². The van der Waals surface area contributed by atoms with E-state index in [-0.39, 0.29) is 11.1 Å². The van der Waals surface area contributed by atoms with Crippen LogP contribution in [-0.4, -0.2) is 51.2 Å². The molecule has 0 radical (unpaired) electrons. The number of aromatic amines is 1. The highest BCUT2D eigenvalue weighted by Crippen LogP contribution is 2.27. The largest absolute Gasteiger partial charge is 0.348 e. The second-order valence-electron chi connectivity index (χ2n) is 9.64. The van der Waals surface area contributed by atoms with Gasteiger partial charge in [-0.15, -0.1) is 0 Å². The molecule has 5 rings (SSSR count). The van der Waals surface area contributed by atoms with Gasteiger partial charge in [0.15, 0.2) is 0 Å². The van der Waals surface area contributed by atoms with Gasteiger partial charge in [0.2, 0.25) is 0 Å². The summed E-state index contributed by atoms with van der Waals surface area (Å²) in [7, 11) is 4.11. The Labute approximate surface area is 226 Å². The molecule has 39 heavy (non-hydrogen) atoms. The Morgan fingerprint density at radius 2 is 1.90 bits per heavy atom. The average Bonchev–Trinajstić information content (AvgIpc) is 3.36. The summed E-state index contributed by atoms with van der Waals surface area (Å²) in [5.41, 5.74) is 5.81. The van der Waals surface area contributed by atoms with E-state index in [0.717, 1.165) is 39.8 Å². The van der Waals surface area contributed by atoms with Gasteiger partial charge < -0.3 is 14.8 Å². The first-order valence-electron chi connectivity index (χ1n) is 12.7. The maximum absolute atomic E-state index is 12.8. The van der Waals surface area contributed by atoms with Crippen LogP contribution in [0.1, 0.15) is 27.0 Å². The molecule has 5 aromatic rings. The van der Waals surface area contributed by atoms with Crippen molar-refractivity contribution in [2.45, 2.75) is 13.1 Å². The molecule has 0 aliphatic heterocycles. The molecule has 0 bridgehead atoms. The molecule has 0 aliphatic carbocycles. The van der Waals surface area contributed by atoms with Crippen LogP contribution in [0.4, 0.5) is 0 Å². The highest BCUT2D eigenvalue weighted by Gasteiger charge is 2.12. The minimum absolute atomic E-state index is 0.107. The van der Waals surface area contributed by atoms with Crippen LogP contribution in [0.5, 0.6) is 0 Å². The minimum atomic E-state index is -0.407. The number of carbonyl (C=O) groups excluding carboxylic acids is 1.